The Kier molecular flexibility index (Phi) is 13.1. The van der Waals surface area contributed by atoms with Crippen molar-refractivity contribution in [1.82, 2.24) is 0 Å². The lowest BCUT2D eigenvalue weighted by Crippen LogP contribution is -2.45. The molecule has 0 aromatic heterocycles. The van der Waals surface area contributed by atoms with Gasteiger partial charge in [0, 0.05) is 31.9 Å². The number of hydrogen-bond donors (Lipinski definition) is 0. The van der Waals surface area contributed by atoms with Gasteiger partial charge in [0.25, 0.3) is 0 Å². The maximum atomic E-state index is 11.9. The normalized spacial score (nSPS) is 11.6. The summed E-state index contributed by atoms with van der Waals surface area (Å²) in [5.74, 6) is 0.882. The van der Waals surface area contributed by atoms with Crippen LogP contribution in [0.4, 0.5) is 0 Å². The van der Waals surface area contributed by atoms with E-state index in [1.807, 2.05) is 26.8 Å². The van der Waals surface area contributed by atoms with E-state index < -0.39 is 8.80 Å². The van der Waals surface area contributed by atoms with Gasteiger partial charge in [-0.1, -0.05) is 12.5 Å². The first-order valence-electron chi connectivity index (χ1n) is 10.5. The number of carbonyl (C=O) groups is 1. The van der Waals surface area contributed by atoms with Gasteiger partial charge in [-0.15, -0.1) is 0 Å². The molecular weight excluding hydrogens is 404 g/mol. The molecule has 0 aliphatic rings. The van der Waals surface area contributed by atoms with Gasteiger partial charge >= 0.3 is 14.8 Å². The van der Waals surface area contributed by atoms with Gasteiger partial charge in [-0.2, -0.15) is 0 Å². The van der Waals surface area contributed by atoms with Gasteiger partial charge < -0.3 is 27.5 Å². The molecule has 0 spiro atoms. The third kappa shape index (κ3) is 9.29. The van der Waals surface area contributed by atoms with Crippen molar-refractivity contribution in [3.8, 4) is 11.5 Å². The molecule has 0 saturated carbocycles. The van der Waals surface area contributed by atoms with E-state index >= 15 is 0 Å². The van der Waals surface area contributed by atoms with Crippen molar-refractivity contribution in [1.29, 1.82) is 0 Å². The Morgan fingerprint density at radius 3 is 2.10 bits per heavy atom. The molecule has 7 nitrogen and oxygen atoms in total. The van der Waals surface area contributed by atoms with Gasteiger partial charge in [-0.05, 0) is 57.4 Å². The predicted octanol–water partition coefficient (Wildman–Crippen LogP) is 4.48. The maximum Gasteiger partial charge on any atom is 0.500 e. The largest absolute Gasteiger partial charge is 0.500 e. The zero-order chi connectivity index (χ0) is 22.2. The Hall–Kier alpha value is -1.87. The lowest BCUT2D eigenvalue weighted by Gasteiger charge is -2.28. The molecule has 30 heavy (non-hydrogen) atoms. The first-order valence-corrected chi connectivity index (χ1v) is 12.5. The van der Waals surface area contributed by atoms with E-state index in [2.05, 4.69) is 0 Å². The van der Waals surface area contributed by atoms with E-state index in [1.165, 1.54) is 6.08 Å². The van der Waals surface area contributed by atoms with Crippen molar-refractivity contribution in [3.63, 3.8) is 0 Å². The minimum absolute atomic E-state index is 0.369. The summed E-state index contributed by atoms with van der Waals surface area (Å²) in [7, 11) is 0.573. The van der Waals surface area contributed by atoms with Crippen LogP contribution in [0.2, 0.25) is 6.04 Å². The van der Waals surface area contributed by atoms with Crippen LogP contribution in [0.1, 0.15) is 45.6 Å². The standard InChI is InChI=1S/C22H36O7Si/c1-6-27-30(28-7-2,29-8-3)17-11-9-10-16-26-22(23)15-13-19-12-14-20(24-4)21(18-19)25-5/h12-15,18H,6-11,16-17H2,1-5H3/b15-13+. The highest BCUT2D eigenvalue weighted by Crippen LogP contribution is 2.28. The van der Waals surface area contributed by atoms with Crippen LogP contribution < -0.4 is 9.47 Å². The molecule has 0 unspecified atom stereocenters. The van der Waals surface area contributed by atoms with E-state index in [-0.39, 0.29) is 5.97 Å². The number of ether oxygens (including phenoxy) is 3. The maximum absolute atomic E-state index is 11.9. The minimum Gasteiger partial charge on any atom is -0.493 e. The van der Waals surface area contributed by atoms with Gasteiger partial charge in [-0.3, -0.25) is 0 Å². The second-order valence-electron chi connectivity index (χ2n) is 6.41. The molecule has 0 radical (unpaired) electrons. The Labute approximate surface area is 181 Å². The number of benzene rings is 1. The molecule has 0 N–H and O–H groups in total. The van der Waals surface area contributed by atoms with Crippen LogP contribution in [-0.2, 0) is 22.8 Å². The molecule has 0 fully saturated rings. The van der Waals surface area contributed by atoms with Crippen LogP contribution in [0, 0.1) is 0 Å². The zero-order valence-corrected chi connectivity index (χ0v) is 19.9. The lowest BCUT2D eigenvalue weighted by molar-refractivity contribution is -0.137. The summed E-state index contributed by atoms with van der Waals surface area (Å²) in [5.41, 5.74) is 0.827. The lowest BCUT2D eigenvalue weighted by atomic mass is 10.2. The van der Waals surface area contributed by atoms with E-state index in [9.17, 15) is 4.79 Å². The number of methoxy groups -OCH3 is 2. The molecule has 1 aromatic carbocycles. The highest BCUT2D eigenvalue weighted by molar-refractivity contribution is 6.60. The molecule has 0 bridgehead atoms. The predicted molar refractivity (Wildman–Crippen MR) is 119 cm³/mol. The SMILES string of the molecule is CCO[Si](CCCCCOC(=O)/C=C/c1ccc(OC)c(OC)c1)(OCC)OCC. The average molecular weight is 441 g/mol. The number of rotatable bonds is 16. The molecular formula is C22H36O7Si. The molecule has 1 rings (SSSR count). The van der Waals surface area contributed by atoms with Crippen molar-refractivity contribution in [2.24, 2.45) is 0 Å². The zero-order valence-electron chi connectivity index (χ0n) is 18.9. The molecule has 0 amide bonds. The average Bonchev–Trinajstić information content (AvgIpc) is 2.75. The van der Waals surface area contributed by atoms with Gasteiger partial charge in [0.2, 0.25) is 0 Å². The fraction of sp³-hybridized carbons (Fsp3) is 0.591. The molecule has 8 heteroatoms. The van der Waals surface area contributed by atoms with Crippen LogP contribution >= 0.6 is 0 Å². The highest BCUT2D eigenvalue weighted by atomic mass is 28.4. The summed E-state index contributed by atoms with van der Waals surface area (Å²) in [5, 5.41) is 0. The molecule has 0 aliphatic carbocycles. The van der Waals surface area contributed by atoms with Crippen molar-refractivity contribution < 1.29 is 32.3 Å². The van der Waals surface area contributed by atoms with Crippen LogP contribution in [0.25, 0.3) is 6.08 Å². The summed E-state index contributed by atoms with van der Waals surface area (Å²) in [6.45, 7) is 7.97. The number of hydrogen-bond acceptors (Lipinski definition) is 7. The van der Waals surface area contributed by atoms with Crippen molar-refractivity contribution in [3.05, 3.63) is 29.8 Å². The summed E-state index contributed by atoms with van der Waals surface area (Å²) in [6, 6.07) is 6.21. The summed E-state index contributed by atoms with van der Waals surface area (Å²) in [4.78, 5) is 11.9. The molecule has 0 saturated heterocycles. The van der Waals surface area contributed by atoms with E-state index in [0.29, 0.717) is 37.9 Å². The van der Waals surface area contributed by atoms with Gasteiger partial charge in [-0.25, -0.2) is 4.79 Å². The topological polar surface area (TPSA) is 72.5 Å². The first-order chi connectivity index (χ1) is 14.5. The molecule has 170 valence electrons. The number of carbonyl (C=O) groups excluding carboxylic acids is 1. The van der Waals surface area contributed by atoms with Gasteiger partial charge in [0.1, 0.15) is 0 Å². The molecule has 0 aliphatic heterocycles. The Balaban J connectivity index is 2.36. The third-order valence-electron chi connectivity index (χ3n) is 4.28. The van der Waals surface area contributed by atoms with Crippen molar-refractivity contribution in [2.45, 2.75) is 46.1 Å². The monoisotopic (exact) mass is 440 g/mol. The fourth-order valence-electron chi connectivity index (χ4n) is 2.96. The second kappa shape index (κ2) is 15.0. The van der Waals surface area contributed by atoms with Crippen molar-refractivity contribution in [2.75, 3.05) is 40.6 Å². The number of unbranched alkanes of at least 4 members (excludes halogenated alkanes) is 2. The van der Waals surface area contributed by atoms with Crippen molar-refractivity contribution >= 4 is 20.8 Å². The fourth-order valence-corrected chi connectivity index (χ4v) is 5.65. The Morgan fingerprint density at radius 2 is 1.53 bits per heavy atom. The molecule has 0 atom stereocenters. The Morgan fingerprint density at radius 1 is 0.900 bits per heavy atom. The van der Waals surface area contributed by atoms with Gasteiger partial charge in [0.05, 0.1) is 20.8 Å². The first kappa shape index (κ1) is 26.2. The molecule has 1 aromatic rings. The van der Waals surface area contributed by atoms with E-state index in [1.54, 1.807) is 32.4 Å². The van der Waals surface area contributed by atoms with E-state index in [4.69, 9.17) is 27.5 Å². The minimum atomic E-state index is -2.58. The third-order valence-corrected chi connectivity index (χ3v) is 7.44. The van der Waals surface area contributed by atoms with Crippen LogP contribution in [0.15, 0.2) is 24.3 Å². The molecule has 0 heterocycles. The van der Waals surface area contributed by atoms with E-state index in [0.717, 1.165) is 30.9 Å². The Bertz CT molecular complexity index is 631. The quantitative estimate of drug-likeness (QED) is 0.162. The van der Waals surface area contributed by atoms with Crippen LogP contribution in [-0.4, -0.2) is 55.4 Å². The summed E-state index contributed by atoms with van der Waals surface area (Å²) < 4.78 is 33.3. The van der Waals surface area contributed by atoms with Crippen LogP contribution in [0.3, 0.4) is 0 Å². The second-order valence-corrected chi connectivity index (χ2v) is 9.14. The number of esters is 1. The van der Waals surface area contributed by atoms with Crippen LogP contribution in [0.5, 0.6) is 11.5 Å². The van der Waals surface area contributed by atoms with Gasteiger partial charge in [0.15, 0.2) is 11.5 Å². The summed E-state index contributed by atoms with van der Waals surface area (Å²) >= 11 is 0. The highest BCUT2D eigenvalue weighted by Gasteiger charge is 2.39. The summed E-state index contributed by atoms with van der Waals surface area (Å²) in [6.07, 6.45) is 5.71. The smallest absolute Gasteiger partial charge is 0.493 e.